The molecule has 1 aliphatic carbocycles. The Bertz CT molecular complexity index is 1130. The van der Waals surface area contributed by atoms with Crippen LogP contribution in [0.15, 0.2) is 72.8 Å². The molecule has 1 fully saturated rings. The molecule has 1 saturated heterocycles. The van der Waals surface area contributed by atoms with Gasteiger partial charge in [0.05, 0.1) is 6.67 Å². The zero-order chi connectivity index (χ0) is 22.6. The van der Waals surface area contributed by atoms with Crippen molar-refractivity contribution in [2.24, 2.45) is 5.92 Å². The van der Waals surface area contributed by atoms with Gasteiger partial charge in [-0.25, -0.2) is 4.39 Å². The van der Waals surface area contributed by atoms with Gasteiger partial charge in [0.25, 0.3) is 0 Å². The maximum Gasteiger partial charge on any atom is 0.130 e. The van der Waals surface area contributed by atoms with E-state index in [9.17, 15) is 8.78 Å². The van der Waals surface area contributed by atoms with Gasteiger partial charge >= 0.3 is 0 Å². The van der Waals surface area contributed by atoms with Crippen molar-refractivity contribution < 1.29 is 8.78 Å². The molecule has 0 unspecified atom stereocenters. The number of likely N-dealkylation sites (tertiary alicyclic amines) is 1. The normalized spacial score (nSPS) is 16.9. The lowest BCUT2D eigenvalue weighted by Crippen LogP contribution is -2.47. The molecule has 3 aromatic rings. The molecule has 0 bridgehead atoms. The Morgan fingerprint density at radius 2 is 1.55 bits per heavy atom. The molecule has 5 rings (SSSR count). The average Bonchev–Trinajstić information content (AvgIpc) is 3.01. The Labute approximate surface area is 195 Å². The zero-order valence-corrected chi connectivity index (χ0v) is 19.1. The lowest BCUT2D eigenvalue weighted by Gasteiger charge is -2.39. The van der Waals surface area contributed by atoms with Crippen molar-refractivity contribution in [1.82, 2.24) is 4.90 Å². The lowest BCUT2D eigenvalue weighted by molar-refractivity contribution is 0.0968. The number of hydrogen-bond donors (Lipinski definition) is 0. The van der Waals surface area contributed by atoms with E-state index >= 15 is 0 Å². The molecule has 1 nitrogen and oxygen atoms in total. The quantitative estimate of drug-likeness (QED) is 0.382. The Morgan fingerprint density at radius 3 is 2.30 bits per heavy atom. The van der Waals surface area contributed by atoms with Crippen molar-refractivity contribution in [2.75, 3.05) is 26.3 Å². The third kappa shape index (κ3) is 4.79. The van der Waals surface area contributed by atoms with Crippen LogP contribution in [-0.4, -0.2) is 31.2 Å². The van der Waals surface area contributed by atoms with Crippen LogP contribution < -0.4 is 0 Å². The molecule has 0 radical (unpaired) electrons. The molecule has 0 aromatic heterocycles. The number of fused-ring (bicyclic) bond motifs is 1. The maximum absolute atomic E-state index is 14.9. The van der Waals surface area contributed by atoms with E-state index in [0.717, 1.165) is 62.0 Å². The summed E-state index contributed by atoms with van der Waals surface area (Å²) in [6.07, 6.45) is 4.59. The van der Waals surface area contributed by atoms with Crippen molar-refractivity contribution in [2.45, 2.75) is 32.1 Å². The lowest BCUT2D eigenvalue weighted by atomic mass is 9.86. The Hall–Kier alpha value is -2.78. The fourth-order valence-electron chi connectivity index (χ4n) is 5.44. The Kier molecular flexibility index (Phi) is 6.68. The SMILES string of the molecule is FCCCN1CC(Cc2ccc(C3=C(c4ccccc4F)CCCc4ccccc43)cc2)C1. The Balaban J connectivity index is 1.45. The van der Waals surface area contributed by atoms with Crippen LogP contribution in [-0.2, 0) is 12.8 Å². The molecule has 0 amide bonds. The van der Waals surface area contributed by atoms with Crippen LogP contribution in [0, 0.1) is 11.7 Å². The molecular formula is C30H31F2N. The van der Waals surface area contributed by atoms with Crippen LogP contribution in [0.2, 0.25) is 0 Å². The number of aryl methyl sites for hydroxylation is 1. The molecule has 0 atom stereocenters. The highest BCUT2D eigenvalue weighted by atomic mass is 19.1. The molecule has 170 valence electrons. The topological polar surface area (TPSA) is 3.24 Å². The molecule has 1 aliphatic heterocycles. The number of nitrogens with zero attached hydrogens (tertiary/aromatic N) is 1. The first kappa shape index (κ1) is 22.0. The number of allylic oxidation sites excluding steroid dienone is 1. The molecule has 3 aromatic carbocycles. The first-order chi connectivity index (χ1) is 16.2. The van der Waals surface area contributed by atoms with Gasteiger partial charge in [-0.05, 0) is 77.5 Å². The van der Waals surface area contributed by atoms with Gasteiger partial charge in [-0.2, -0.15) is 0 Å². The number of rotatable bonds is 7. The highest BCUT2D eigenvalue weighted by Gasteiger charge is 2.26. The van der Waals surface area contributed by atoms with E-state index < -0.39 is 0 Å². The van der Waals surface area contributed by atoms with Gasteiger partial charge in [-0.3, -0.25) is 4.39 Å². The number of benzene rings is 3. The van der Waals surface area contributed by atoms with Gasteiger partial charge in [0, 0.05) is 25.2 Å². The van der Waals surface area contributed by atoms with E-state index in [1.165, 1.54) is 22.3 Å². The summed E-state index contributed by atoms with van der Waals surface area (Å²) in [4.78, 5) is 2.34. The minimum Gasteiger partial charge on any atom is -0.303 e. The summed E-state index contributed by atoms with van der Waals surface area (Å²) in [6.45, 7) is 2.78. The third-order valence-electron chi connectivity index (χ3n) is 7.07. The molecule has 33 heavy (non-hydrogen) atoms. The third-order valence-corrected chi connectivity index (χ3v) is 7.07. The van der Waals surface area contributed by atoms with Crippen molar-refractivity contribution in [1.29, 1.82) is 0 Å². The van der Waals surface area contributed by atoms with Gasteiger partial charge in [0.15, 0.2) is 0 Å². The fraction of sp³-hybridized carbons (Fsp3) is 0.333. The largest absolute Gasteiger partial charge is 0.303 e. The number of alkyl halides is 1. The van der Waals surface area contributed by atoms with Crippen LogP contribution in [0.5, 0.6) is 0 Å². The summed E-state index contributed by atoms with van der Waals surface area (Å²) in [5.41, 5.74) is 8.05. The minimum atomic E-state index is -0.226. The highest BCUT2D eigenvalue weighted by Crippen LogP contribution is 2.40. The summed E-state index contributed by atoms with van der Waals surface area (Å²) < 4.78 is 27.2. The van der Waals surface area contributed by atoms with Crippen molar-refractivity contribution in [3.05, 3.63) is 106 Å². The molecule has 0 saturated carbocycles. The first-order valence-corrected chi connectivity index (χ1v) is 12.2. The van der Waals surface area contributed by atoms with Gasteiger partial charge in [0.1, 0.15) is 5.82 Å². The minimum absolute atomic E-state index is 0.150. The van der Waals surface area contributed by atoms with E-state index in [2.05, 4.69) is 53.4 Å². The summed E-state index contributed by atoms with van der Waals surface area (Å²) in [7, 11) is 0. The van der Waals surface area contributed by atoms with Crippen molar-refractivity contribution in [3.8, 4) is 0 Å². The average molecular weight is 444 g/mol. The maximum atomic E-state index is 14.9. The molecule has 0 N–H and O–H groups in total. The molecule has 1 heterocycles. The highest BCUT2D eigenvalue weighted by molar-refractivity contribution is 5.99. The predicted octanol–water partition coefficient (Wildman–Crippen LogP) is 6.96. The van der Waals surface area contributed by atoms with Crippen LogP contribution in [0.25, 0.3) is 11.1 Å². The van der Waals surface area contributed by atoms with Crippen molar-refractivity contribution in [3.63, 3.8) is 0 Å². The first-order valence-electron chi connectivity index (χ1n) is 12.2. The summed E-state index contributed by atoms with van der Waals surface area (Å²) >= 11 is 0. The number of halogens is 2. The second kappa shape index (κ2) is 10.0. The Morgan fingerprint density at radius 1 is 0.818 bits per heavy atom. The summed E-state index contributed by atoms with van der Waals surface area (Å²) in [6, 6.07) is 24.7. The van der Waals surface area contributed by atoms with Gasteiger partial charge in [-0.15, -0.1) is 0 Å². The van der Waals surface area contributed by atoms with Crippen molar-refractivity contribution >= 4 is 11.1 Å². The smallest absolute Gasteiger partial charge is 0.130 e. The molecule has 0 spiro atoms. The molecule has 2 aliphatic rings. The summed E-state index contributed by atoms with van der Waals surface area (Å²) in [5, 5.41) is 0. The predicted molar refractivity (Wildman–Crippen MR) is 132 cm³/mol. The van der Waals surface area contributed by atoms with Crippen LogP contribution in [0.1, 0.15) is 47.1 Å². The second-order valence-electron chi connectivity index (χ2n) is 9.41. The van der Waals surface area contributed by atoms with E-state index in [4.69, 9.17) is 0 Å². The second-order valence-corrected chi connectivity index (χ2v) is 9.41. The van der Waals surface area contributed by atoms with E-state index in [1.807, 2.05) is 12.1 Å². The van der Waals surface area contributed by atoms with Gasteiger partial charge in [0.2, 0.25) is 0 Å². The zero-order valence-electron chi connectivity index (χ0n) is 19.1. The van der Waals surface area contributed by atoms with Crippen LogP contribution in [0.4, 0.5) is 8.78 Å². The van der Waals surface area contributed by atoms with Gasteiger partial charge in [-0.1, -0.05) is 66.7 Å². The standard InChI is InChI=1S/C30H31F2N/c31-17-6-18-33-20-23(21-33)19-22-13-15-25(16-14-22)30-26-9-2-1-7-24(26)8-5-11-28(30)27-10-3-4-12-29(27)32/h1-4,7,9-10,12-16,23H,5-6,8,11,17-21H2. The molecule has 3 heteroatoms. The van der Waals surface area contributed by atoms with E-state index in [1.54, 1.807) is 12.1 Å². The van der Waals surface area contributed by atoms with E-state index in [0.29, 0.717) is 12.3 Å². The van der Waals surface area contributed by atoms with E-state index in [-0.39, 0.29) is 12.5 Å². The summed E-state index contributed by atoms with van der Waals surface area (Å²) in [5.74, 6) is 0.505. The monoisotopic (exact) mass is 443 g/mol. The van der Waals surface area contributed by atoms with Crippen LogP contribution >= 0.6 is 0 Å². The van der Waals surface area contributed by atoms with Gasteiger partial charge < -0.3 is 4.90 Å². The fourth-order valence-corrected chi connectivity index (χ4v) is 5.44. The van der Waals surface area contributed by atoms with Crippen LogP contribution in [0.3, 0.4) is 0 Å². The molecular weight excluding hydrogens is 412 g/mol. The number of hydrogen-bond acceptors (Lipinski definition) is 1.